The van der Waals surface area contributed by atoms with Crippen molar-refractivity contribution >= 4 is 29.0 Å². The van der Waals surface area contributed by atoms with E-state index in [1.54, 1.807) is 19.3 Å². The molecule has 1 saturated heterocycles. The summed E-state index contributed by atoms with van der Waals surface area (Å²) in [5, 5.41) is 22.5. The van der Waals surface area contributed by atoms with E-state index >= 15 is 0 Å². The quantitative estimate of drug-likeness (QED) is 0.183. The number of fused-ring (bicyclic) bond motifs is 1. The number of amides is 1. The van der Waals surface area contributed by atoms with Gasteiger partial charge in [0.05, 0.1) is 17.4 Å². The second-order valence-electron chi connectivity index (χ2n) is 8.39. The molecule has 3 aromatic heterocycles. The van der Waals surface area contributed by atoms with Gasteiger partial charge in [0, 0.05) is 42.6 Å². The fourth-order valence-corrected chi connectivity index (χ4v) is 4.78. The highest BCUT2D eigenvalue weighted by Crippen LogP contribution is 2.40. The first-order chi connectivity index (χ1) is 18.2. The van der Waals surface area contributed by atoms with Gasteiger partial charge in [-0.2, -0.15) is 27.8 Å². The number of benzene rings is 1. The molecule has 15 heteroatoms. The van der Waals surface area contributed by atoms with E-state index in [1.165, 1.54) is 44.8 Å². The number of aromatic nitrogens is 5. The van der Waals surface area contributed by atoms with Crippen LogP contribution in [-0.2, 0) is 4.79 Å². The molecule has 2 atom stereocenters. The van der Waals surface area contributed by atoms with E-state index in [9.17, 15) is 27.5 Å². The molecule has 1 aliphatic rings. The van der Waals surface area contributed by atoms with Gasteiger partial charge in [0.1, 0.15) is 17.5 Å². The number of rotatable bonds is 9. The maximum atomic E-state index is 13.2. The van der Waals surface area contributed by atoms with Gasteiger partial charge in [-0.1, -0.05) is 11.8 Å². The van der Waals surface area contributed by atoms with Crippen LogP contribution in [0.4, 0.5) is 23.2 Å². The smallest absolute Gasteiger partial charge is 0.387 e. The lowest BCUT2D eigenvalue weighted by Crippen LogP contribution is -2.24. The number of aliphatic hydroxyl groups excluding tert-OH is 1. The Morgan fingerprint density at radius 3 is 2.79 bits per heavy atom. The van der Waals surface area contributed by atoms with Crippen LogP contribution in [0.15, 0.2) is 53.9 Å². The Morgan fingerprint density at radius 1 is 1.26 bits per heavy atom. The number of thioether (sulfide) groups is 1. The van der Waals surface area contributed by atoms with Crippen molar-refractivity contribution in [3.8, 4) is 17.0 Å². The normalized spacial score (nSPS) is 16.7. The molecule has 0 bridgehead atoms. The standard InChI is InChI=1S/C23H21F4N7O3S/c1-32-8-5-16(21(32)36)34-11-15(30-20(35)14-10-29-33-7-2-6-28-19(14)33)18(31-34)13-9-12(38-23(26)27)3-4-17(13)37-22(24)25/h2-4,6-7,9-11,16,20,22-23,30,35H,5,8H2,1H3. The lowest BCUT2D eigenvalue weighted by atomic mass is 10.1. The van der Waals surface area contributed by atoms with Crippen molar-refractivity contribution in [2.24, 2.45) is 0 Å². The first kappa shape index (κ1) is 25.8. The molecule has 0 aliphatic carbocycles. The van der Waals surface area contributed by atoms with E-state index in [0.717, 1.165) is 6.07 Å². The number of nitrogens with one attached hydrogen (secondary N) is 1. The Balaban J connectivity index is 1.60. The monoisotopic (exact) mass is 551 g/mol. The number of carbonyl (C=O) groups excluding carboxylic acids is 1. The number of ether oxygens (including phenoxy) is 1. The van der Waals surface area contributed by atoms with Gasteiger partial charge in [0.15, 0.2) is 11.9 Å². The maximum Gasteiger partial charge on any atom is 0.387 e. The first-order valence-corrected chi connectivity index (χ1v) is 12.2. The molecular weight excluding hydrogens is 530 g/mol. The van der Waals surface area contributed by atoms with E-state index in [4.69, 9.17) is 0 Å². The largest absolute Gasteiger partial charge is 0.434 e. The molecule has 1 fully saturated rings. The molecule has 1 aliphatic heterocycles. The summed E-state index contributed by atoms with van der Waals surface area (Å²) in [7, 11) is 1.65. The Hall–Kier alpha value is -3.85. The number of nitrogens with zero attached hydrogens (tertiary/aromatic N) is 6. The van der Waals surface area contributed by atoms with Gasteiger partial charge in [0.2, 0.25) is 5.91 Å². The summed E-state index contributed by atoms with van der Waals surface area (Å²) in [5.74, 6) is -3.27. The third-order valence-corrected chi connectivity index (χ3v) is 6.70. The highest BCUT2D eigenvalue weighted by atomic mass is 32.2. The van der Waals surface area contributed by atoms with Gasteiger partial charge in [-0.15, -0.1) is 0 Å². The minimum Gasteiger partial charge on any atom is -0.434 e. The third kappa shape index (κ3) is 5.11. The molecule has 4 heterocycles. The SMILES string of the molecule is CN1CCC(n2cc(NC(O)c3cnn4cccnc34)c(-c3cc(SC(F)F)ccc3OC(F)F)n2)C1=O. The number of alkyl halides is 4. The summed E-state index contributed by atoms with van der Waals surface area (Å²) in [6.07, 6.45) is 5.10. The molecule has 38 heavy (non-hydrogen) atoms. The summed E-state index contributed by atoms with van der Waals surface area (Å²) in [4.78, 5) is 18.5. The van der Waals surface area contributed by atoms with Crippen LogP contribution < -0.4 is 10.1 Å². The number of aliphatic hydroxyl groups is 1. The number of hydrogen-bond acceptors (Lipinski definition) is 8. The first-order valence-electron chi connectivity index (χ1n) is 11.3. The summed E-state index contributed by atoms with van der Waals surface area (Å²) < 4.78 is 60.1. The molecule has 0 saturated carbocycles. The number of carbonyl (C=O) groups is 1. The molecule has 2 N–H and O–H groups in total. The zero-order valence-corrected chi connectivity index (χ0v) is 20.5. The van der Waals surface area contributed by atoms with Crippen LogP contribution in [0.1, 0.15) is 24.3 Å². The Kier molecular flexibility index (Phi) is 7.12. The Labute approximate surface area is 217 Å². The van der Waals surface area contributed by atoms with Gasteiger partial charge >= 0.3 is 6.61 Å². The molecule has 0 spiro atoms. The van der Waals surface area contributed by atoms with Crippen LogP contribution in [0.2, 0.25) is 0 Å². The fraction of sp³-hybridized carbons (Fsp3) is 0.304. The number of hydrogen-bond donors (Lipinski definition) is 2. The van der Waals surface area contributed by atoms with Crippen molar-refractivity contribution < 1.29 is 32.2 Å². The summed E-state index contributed by atoms with van der Waals surface area (Å²) in [6, 6.07) is 4.61. The van der Waals surface area contributed by atoms with Crippen LogP contribution >= 0.6 is 11.8 Å². The minimum absolute atomic E-state index is 0.0169. The van der Waals surface area contributed by atoms with Gasteiger partial charge in [0.25, 0.3) is 5.76 Å². The van der Waals surface area contributed by atoms with Crippen LogP contribution in [0, 0.1) is 0 Å². The highest BCUT2D eigenvalue weighted by Gasteiger charge is 2.33. The molecule has 2 unspecified atom stereocenters. The fourth-order valence-electron chi connectivity index (χ4n) is 4.24. The Morgan fingerprint density at radius 2 is 2.08 bits per heavy atom. The van der Waals surface area contributed by atoms with E-state index in [0.29, 0.717) is 24.2 Å². The summed E-state index contributed by atoms with van der Waals surface area (Å²) in [5.41, 5.74) is 0.816. The van der Waals surface area contributed by atoms with Crippen molar-refractivity contribution in [1.29, 1.82) is 0 Å². The van der Waals surface area contributed by atoms with Crippen molar-refractivity contribution in [3.63, 3.8) is 0 Å². The second-order valence-corrected chi connectivity index (χ2v) is 9.45. The van der Waals surface area contributed by atoms with Crippen LogP contribution in [-0.4, -0.2) is 66.3 Å². The molecule has 0 radical (unpaired) electrons. The van der Waals surface area contributed by atoms with Crippen molar-refractivity contribution in [2.75, 3.05) is 18.9 Å². The third-order valence-electron chi connectivity index (χ3n) is 5.99. The topological polar surface area (TPSA) is 110 Å². The highest BCUT2D eigenvalue weighted by molar-refractivity contribution is 7.99. The van der Waals surface area contributed by atoms with Gasteiger partial charge in [-0.05, 0) is 30.7 Å². The molecule has 5 rings (SSSR count). The number of likely N-dealkylation sites (N-methyl/N-ethyl adjacent to an activating group) is 1. The summed E-state index contributed by atoms with van der Waals surface area (Å²) >= 11 is 0.226. The number of likely N-dealkylation sites (tertiary alicyclic amines) is 1. The molecule has 1 amide bonds. The van der Waals surface area contributed by atoms with E-state index in [1.807, 2.05) is 0 Å². The second kappa shape index (κ2) is 10.5. The lowest BCUT2D eigenvalue weighted by molar-refractivity contribution is -0.129. The van der Waals surface area contributed by atoms with E-state index in [2.05, 4.69) is 25.2 Å². The summed E-state index contributed by atoms with van der Waals surface area (Å²) in [6.45, 7) is -2.71. The predicted octanol–water partition coefficient (Wildman–Crippen LogP) is 4.02. The van der Waals surface area contributed by atoms with E-state index in [-0.39, 0.29) is 45.3 Å². The molecule has 1 aromatic carbocycles. The average Bonchev–Trinajstić information content (AvgIpc) is 3.57. The molecular formula is C23H21F4N7O3S. The van der Waals surface area contributed by atoms with Crippen molar-refractivity contribution in [1.82, 2.24) is 29.3 Å². The van der Waals surface area contributed by atoms with Crippen LogP contribution in [0.5, 0.6) is 5.75 Å². The average molecular weight is 552 g/mol. The maximum absolute atomic E-state index is 13.2. The van der Waals surface area contributed by atoms with Gasteiger partial charge in [-0.3, -0.25) is 9.48 Å². The molecule has 200 valence electrons. The predicted molar refractivity (Wildman–Crippen MR) is 129 cm³/mol. The van der Waals surface area contributed by atoms with Gasteiger partial charge < -0.3 is 20.1 Å². The molecule has 4 aromatic rings. The van der Waals surface area contributed by atoms with Crippen LogP contribution in [0.25, 0.3) is 16.9 Å². The number of anilines is 1. The van der Waals surface area contributed by atoms with Crippen LogP contribution in [0.3, 0.4) is 0 Å². The number of halogens is 4. The Bertz CT molecular complexity index is 1460. The van der Waals surface area contributed by atoms with Crippen molar-refractivity contribution in [2.45, 2.75) is 36.0 Å². The zero-order valence-electron chi connectivity index (χ0n) is 19.7. The molecule has 10 nitrogen and oxygen atoms in total. The lowest BCUT2D eigenvalue weighted by Gasteiger charge is -2.15. The minimum atomic E-state index is -3.19. The van der Waals surface area contributed by atoms with E-state index < -0.39 is 24.6 Å². The van der Waals surface area contributed by atoms with Crippen molar-refractivity contribution in [3.05, 3.63) is 54.6 Å². The zero-order chi connectivity index (χ0) is 27.0. The van der Waals surface area contributed by atoms with Gasteiger partial charge in [-0.25, -0.2) is 9.50 Å².